The Bertz CT molecular complexity index is 1020. The van der Waals surface area contributed by atoms with Crippen LogP contribution in [-0.4, -0.2) is 22.7 Å². The van der Waals surface area contributed by atoms with E-state index in [-0.39, 0.29) is 17.9 Å². The number of carbonyl (C=O) groups excluding carboxylic acids is 1. The molecular formula is C19H16N2O4S. The normalized spacial score (nSPS) is 10.7. The summed E-state index contributed by atoms with van der Waals surface area (Å²) < 4.78 is 10.9. The van der Waals surface area contributed by atoms with E-state index >= 15 is 0 Å². The highest BCUT2D eigenvalue weighted by molar-refractivity contribution is 7.98. The molecule has 0 saturated carbocycles. The van der Waals surface area contributed by atoms with Crippen LogP contribution < -0.4 is 0 Å². The van der Waals surface area contributed by atoms with E-state index in [0.29, 0.717) is 33.1 Å². The molecule has 26 heavy (non-hydrogen) atoms. The van der Waals surface area contributed by atoms with Crippen molar-refractivity contribution in [3.05, 3.63) is 52.9 Å². The Morgan fingerprint density at radius 1 is 1.38 bits per heavy atom. The lowest BCUT2D eigenvalue weighted by Gasteiger charge is -2.05. The number of nitrogens with zero attached hydrogens (tertiary/aromatic N) is 2. The molecule has 6 nitrogen and oxygen atoms in total. The molecule has 0 atom stereocenters. The molecule has 132 valence electrons. The van der Waals surface area contributed by atoms with Gasteiger partial charge in [-0.15, -0.1) is 0 Å². The number of phenolic OH excluding ortho intramolecular Hbond substituents is 1. The molecule has 0 radical (unpaired) electrons. The van der Waals surface area contributed by atoms with Gasteiger partial charge in [0.05, 0.1) is 17.9 Å². The number of thioether (sulfide) groups is 1. The van der Waals surface area contributed by atoms with Crippen LogP contribution in [0.2, 0.25) is 0 Å². The van der Waals surface area contributed by atoms with Crippen LogP contribution in [0.1, 0.15) is 34.3 Å². The number of rotatable bonds is 5. The van der Waals surface area contributed by atoms with Crippen LogP contribution in [0.3, 0.4) is 0 Å². The van der Waals surface area contributed by atoms with Crippen molar-refractivity contribution in [2.45, 2.75) is 24.6 Å². The zero-order chi connectivity index (χ0) is 18.7. The lowest BCUT2D eigenvalue weighted by Crippen LogP contribution is -2.06. The maximum absolute atomic E-state index is 12.4. The van der Waals surface area contributed by atoms with Gasteiger partial charge in [-0.05, 0) is 44.2 Å². The van der Waals surface area contributed by atoms with E-state index < -0.39 is 5.97 Å². The van der Waals surface area contributed by atoms with Crippen molar-refractivity contribution in [2.24, 2.45) is 0 Å². The number of aromatic hydroxyl groups is 1. The van der Waals surface area contributed by atoms with Gasteiger partial charge < -0.3 is 14.3 Å². The first-order chi connectivity index (χ1) is 12.5. The summed E-state index contributed by atoms with van der Waals surface area (Å²) in [6, 6.07) is 10.2. The predicted molar refractivity (Wildman–Crippen MR) is 97.1 cm³/mol. The molecule has 7 heteroatoms. The first kappa shape index (κ1) is 17.8. The van der Waals surface area contributed by atoms with Crippen molar-refractivity contribution in [3.63, 3.8) is 0 Å². The van der Waals surface area contributed by atoms with Crippen LogP contribution in [0.5, 0.6) is 5.75 Å². The first-order valence-corrected chi connectivity index (χ1v) is 8.94. The molecule has 0 aliphatic carbocycles. The second kappa shape index (κ2) is 7.50. The van der Waals surface area contributed by atoms with Crippen molar-refractivity contribution in [3.8, 4) is 11.8 Å². The predicted octanol–water partition coefficient (Wildman–Crippen LogP) is 4.18. The number of hydrogen-bond acceptors (Lipinski definition) is 7. The summed E-state index contributed by atoms with van der Waals surface area (Å²) in [5, 5.41) is 20.0. The van der Waals surface area contributed by atoms with Crippen LogP contribution in [0.15, 0.2) is 39.8 Å². The third-order valence-electron chi connectivity index (χ3n) is 3.68. The number of pyridine rings is 1. The molecule has 3 aromatic rings. The second-order valence-corrected chi connectivity index (χ2v) is 6.47. The average Bonchev–Trinajstić information content (AvgIpc) is 2.97. The molecule has 0 aliphatic rings. The van der Waals surface area contributed by atoms with Crippen molar-refractivity contribution in [1.82, 2.24) is 4.98 Å². The van der Waals surface area contributed by atoms with Crippen molar-refractivity contribution >= 4 is 28.7 Å². The molecule has 2 aromatic heterocycles. The minimum Gasteiger partial charge on any atom is -0.508 e. The molecule has 1 N–H and O–H groups in total. The largest absolute Gasteiger partial charge is 0.508 e. The third kappa shape index (κ3) is 3.51. The Kier molecular flexibility index (Phi) is 5.14. The van der Waals surface area contributed by atoms with Gasteiger partial charge in [-0.1, -0.05) is 11.8 Å². The van der Waals surface area contributed by atoms with Crippen molar-refractivity contribution in [1.29, 1.82) is 5.26 Å². The Morgan fingerprint density at radius 2 is 2.19 bits per heavy atom. The smallest absolute Gasteiger partial charge is 0.342 e. The average molecular weight is 368 g/mol. The number of carbonyl (C=O) groups is 1. The van der Waals surface area contributed by atoms with Gasteiger partial charge in [0.2, 0.25) is 0 Å². The Balaban J connectivity index is 2.00. The molecule has 0 aliphatic heterocycles. The zero-order valence-electron chi connectivity index (χ0n) is 14.3. The minimum absolute atomic E-state index is 0.0372. The van der Waals surface area contributed by atoms with Gasteiger partial charge in [-0.2, -0.15) is 5.26 Å². The van der Waals surface area contributed by atoms with E-state index in [4.69, 9.17) is 9.15 Å². The van der Waals surface area contributed by atoms with Gasteiger partial charge in [-0.25, -0.2) is 9.78 Å². The van der Waals surface area contributed by atoms with Crippen LogP contribution in [0, 0.1) is 18.3 Å². The van der Waals surface area contributed by atoms with Gasteiger partial charge in [0, 0.05) is 11.1 Å². The minimum atomic E-state index is -0.509. The first-order valence-electron chi connectivity index (χ1n) is 7.95. The fraction of sp³-hybridized carbons (Fsp3) is 0.211. The molecule has 0 bridgehead atoms. The Morgan fingerprint density at radius 3 is 2.92 bits per heavy atom. The summed E-state index contributed by atoms with van der Waals surface area (Å²) >= 11 is 1.31. The third-order valence-corrected chi connectivity index (χ3v) is 4.68. The van der Waals surface area contributed by atoms with Gasteiger partial charge >= 0.3 is 5.97 Å². The summed E-state index contributed by atoms with van der Waals surface area (Å²) in [5.74, 6) is 0.246. The molecule has 0 amide bonds. The van der Waals surface area contributed by atoms with E-state index in [1.54, 1.807) is 25.1 Å². The van der Waals surface area contributed by atoms with Gasteiger partial charge in [0.25, 0.3) is 0 Å². The fourth-order valence-electron chi connectivity index (χ4n) is 2.53. The Labute approximate surface area is 154 Å². The van der Waals surface area contributed by atoms with Crippen LogP contribution in [0.25, 0.3) is 11.0 Å². The van der Waals surface area contributed by atoms with E-state index in [2.05, 4.69) is 11.1 Å². The van der Waals surface area contributed by atoms with Crippen LogP contribution in [0.4, 0.5) is 0 Å². The number of ether oxygens (including phenoxy) is 1. The summed E-state index contributed by atoms with van der Waals surface area (Å²) in [4.78, 5) is 16.8. The van der Waals surface area contributed by atoms with Crippen molar-refractivity contribution in [2.75, 3.05) is 6.61 Å². The molecule has 0 unspecified atom stereocenters. The summed E-state index contributed by atoms with van der Waals surface area (Å²) in [6.07, 6.45) is 0. The lowest BCUT2D eigenvalue weighted by atomic mass is 10.1. The van der Waals surface area contributed by atoms with E-state index in [1.807, 2.05) is 6.92 Å². The fourth-order valence-corrected chi connectivity index (χ4v) is 3.48. The number of nitriles is 1. The molecular weight excluding hydrogens is 352 g/mol. The highest BCUT2D eigenvalue weighted by atomic mass is 32.2. The summed E-state index contributed by atoms with van der Waals surface area (Å²) in [6.45, 7) is 3.80. The van der Waals surface area contributed by atoms with E-state index in [9.17, 15) is 15.2 Å². The number of phenols is 1. The highest BCUT2D eigenvalue weighted by Gasteiger charge is 2.23. The molecule has 0 spiro atoms. The number of furan rings is 1. The van der Waals surface area contributed by atoms with Gasteiger partial charge in [0.1, 0.15) is 33.8 Å². The number of hydrogen-bond donors (Lipinski definition) is 1. The van der Waals surface area contributed by atoms with Gasteiger partial charge in [0.15, 0.2) is 0 Å². The number of esters is 1. The zero-order valence-corrected chi connectivity index (χ0v) is 15.1. The maximum atomic E-state index is 12.4. The van der Waals surface area contributed by atoms with Gasteiger partial charge in [-0.3, -0.25) is 0 Å². The molecule has 2 heterocycles. The molecule has 1 aromatic carbocycles. The maximum Gasteiger partial charge on any atom is 0.342 e. The number of aromatic nitrogens is 1. The second-order valence-electron chi connectivity index (χ2n) is 5.51. The van der Waals surface area contributed by atoms with Crippen LogP contribution in [-0.2, 0) is 10.5 Å². The van der Waals surface area contributed by atoms with E-state index in [1.165, 1.54) is 23.9 Å². The SMILES string of the molecule is CCOC(=O)c1c(CSc2nc(C)ccc2C#N)oc2ccc(O)cc12. The highest BCUT2D eigenvalue weighted by Crippen LogP contribution is 2.34. The molecule has 0 fully saturated rings. The monoisotopic (exact) mass is 368 g/mol. The quantitative estimate of drug-likeness (QED) is 0.533. The van der Waals surface area contributed by atoms with E-state index in [0.717, 1.165) is 5.69 Å². The number of fused-ring (bicyclic) bond motifs is 1. The Hall–Kier alpha value is -2.98. The van der Waals surface area contributed by atoms with Crippen molar-refractivity contribution < 1.29 is 19.1 Å². The molecule has 0 saturated heterocycles. The standard InChI is InChI=1S/C19H16N2O4S/c1-3-24-19(23)17-14-8-13(22)6-7-15(14)25-16(17)10-26-18-12(9-20)5-4-11(2)21-18/h4-8,22H,3,10H2,1-2H3. The topological polar surface area (TPSA) is 96.4 Å². The summed E-state index contributed by atoms with van der Waals surface area (Å²) in [5.41, 5.74) is 2.04. The lowest BCUT2D eigenvalue weighted by molar-refractivity contribution is 0.0526. The van der Waals surface area contributed by atoms with Crippen LogP contribution >= 0.6 is 11.8 Å². The number of aryl methyl sites for hydroxylation is 1. The molecule has 3 rings (SSSR count). The number of benzene rings is 1. The summed E-state index contributed by atoms with van der Waals surface area (Å²) in [7, 11) is 0.